The van der Waals surface area contributed by atoms with Gasteiger partial charge in [0.15, 0.2) is 0 Å². The molecule has 0 aliphatic heterocycles. The first-order valence-corrected chi connectivity index (χ1v) is 3.02. The highest BCUT2D eigenvalue weighted by Gasteiger charge is 1.76. The largest absolute Gasteiger partial charge is 0.545 e. The first-order valence-electron chi connectivity index (χ1n) is 2.49. The number of halogens is 1. The molecule has 0 aromatic carbocycles. The van der Waals surface area contributed by atoms with Gasteiger partial charge in [0.05, 0.1) is 5.97 Å². The minimum absolute atomic E-state index is 0. The zero-order valence-corrected chi connectivity index (χ0v) is 7.36. The van der Waals surface area contributed by atoms with Crippen LogP contribution in [0.4, 0.5) is 0 Å². The summed E-state index contributed by atoms with van der Waals surface area (Å²) >= 11 is 5.00. The van der Waals surface area contributed by atoms with Crippen molar-refractivity contribution in [1.29, 1.82) is 0 Å². The van der Waals surface area contributed by atoms with Gasteiger partial charge < -0.3 is 16.1 Å². The van der Waals surface area contributed by atoms with Gasteiger partial charge in [0.1, 0.15) is 0 Å². The molecule has 10 heavy (non-hydrogen) atoms. The Morgan fingerprint density at radius 3 is 1.80 bits per heavy atom. The highest BCUT2D eigenvalue weighted by molar-refractivity contribution is 6.17. The number of alkyl halides is 1. The Morgan fingerprint density at radius 2 is 1.80 bits per heavy atom. The van der Waals surface area contributed by atoms with Gasteiger partial charge in [0.25, 0.3) is 0 Å². The molecule has 4 N–H and O–H groups in total. The maximum absolute atomic E-state index is 9.49. The van der Waals surface area contributed by atoms with Crippen molar-refractivity contribution in [3.8, 4) is 0 Å². The highest BCUT2D eigenvalue weighted by Crippen LogP contribution is 1.77. The number of aliphatic carboxylic acids is 1. The van der Waals surface area contributed by atoms with Crippen molar-refractivity contribution in [3.05, 3.63) is 12.2 Å². The standard InChI is InChI=1S/C4H6O2.C2H5Cl.H3N/c1-3(2)4(5)6;1-2-3;/h1H2,2H3,(H,5,6);2H2,1H3;1H3. The fourth-order valence-electron chi connectivity index (χ4n) is 0. The third-order valence-corrected chi connectivity index (χ3v) is 0.348. The van der Waals surface area contributed by atoms with Crippen LogP contribution in [0.1, 0.15) is 13.8 Å². The summed E-state index contributed by atoms with van der Waals surface area (Å²) in [6, 6.07) is 0. The normalized spacial score (nSPS) is 6.30. The molecule has 4 heteroatoms. The van der Waals surface area contributed by atoms with Crippen molar-refractivity contribution < 1.29 is 9.90 Å². The molecule has 0 atom stereocenters. The second kappa shape index (κ2) is 11.3. The zero-order valence-electron chi connectivity index (χ0n) is 6.61. The first-order chi connectivity index (χ1) is 4.06. The van der Waals surface area contributed by atoms with Crippen LogP contribution >= 0.6 is 11.6 Å². The molecule has 0 rings (SSSR count). The number of hydrogen-bond acceptors (Lipinski definition) is 2. The Balaban J connectivity index is -0.000000107. The summed E-state index contributed by atoms with van der Waals surface area (Å²) in [5.41, 5.74) is 0.0648. The van der Waals surface area contributed by atoms with Crippen LogP contribution < -0.4 is 11.3 Å². The van der Waals surface area contributed by atoms with E-state index < -0.39 is 5.97 Å². The Labute approximate surface area is 66.3 Å². The van der Waals surface area contributed by atoms with Gasteiger partial charge in [-0.2, -0.15) is 0 Å². The summed E-state index contributed by atoms with van der Waals surface area (Å²) in [4.78, 5) is 9.49. The van der Waals surface area contributed by atoms with E-state index in [1.54, 1.807) is 0 Å². The van der Waals surface area contributed by atoms with Gasteiger partial charge in [-0.1, -0.05) is 13.5 Å². The molecule has 0 amide bonds. The smallest absolute Gasteiger partial charge is 0.0666 e. The van der Waals surface area contributed by atoms with E-state index in [4.69, 9.17) is 11.6 Å². The quantitative estimate of drug-likeness (QED) is 0.466. The maximum Gasteiger partial charge on any atom is 0.0666 e. The molecular weight excluding hydrogens is 154 g/mol. The third kappa shape index (κ3) is 26.0. The van der Waals surface area contributed by atoms with E-state index in [2.05, 4.69) is 6.58 Å². The molecule has 3 nitrogen and oxygen atoms in total. The van der Waals surface area contributed by atoms with E-state index in [-0.39, 0.29) is 11.7 Å². The maximum atomic E-state index is 9.49. The van der Waals surface area contributed by atoms with Crippen molar-refractivity contribution in [2.45, 2.75) is 13.8 Å². The first kappa shape index (κ1) is 16.2. The Morgan fingerprint density at radius 1 is 1.70 bits per heavy atom. The second-order valence-electron chi connectivity index (χ2n) is 1.34. The van der Waals surface area contributed by atoms with Crippen molar-refractivity contribution in [3.63, 3.8) is 0 Å². The van der Waals surface area contributed by atoms with Crippen molar-refractivity contribution in [1.82, 2.24) is 6.15 Å². The molecule has 0 aliphatic rings. The van der Waals surface area contributed by atoms with Gasteiger partial charge in [0, 0.05) is 5.88 Å². The lowest BCUT2D eigenvalue weighted by atomic mass is 10.4. The fraction of sp³-hybridized carbons (Fsp3) is 0.500. The number of rotatable bonds is 1. The van der Waals surface area contributed by atoms with Crippen molar-refractivity contribution >= 4 is 17.6 Å². The molecule has 0 unspecified atom stereocenters. The molecule has 0 aromatic rings. The monoisotopic (exact) mass is 167 g/mol. The molecule has 0 saturated heterocycles. The number of quaternary nitrogens is 1. The summed E-state index contributed by atoms with van der Waals surface area (Å²) in [7, 11) is 0. The number of carboxylic acid groups (broad SMARTS) is 1. The minimum Gasteiger partial charge on any atom is -0.545 e. The lowest BCUT2D eigenvalue weighted by molar-refractivity contribution is -0.299. The molecule has 0 heterocycles. The van der Waals surface area contributed by atoms with E-state index in [0.717, 1.165) is 5.88 Å². The van der Waals surface area contributed by atoms with Crippen LogP contribution in [0.3, 0.4) is 0 Å². The number of carboxylic acids is 1. The zero-order chi connectivity index (χ0) is 7.86. The lowest BCUT2D eigenvalue weighted by Crippen LogP contribution is -2.22. The van der Waals surface area contributed by atoms with Crippen LogP contribution in [-0.4, -0.2) is 11.8 Å². The predicted molar refractivity (Wildman–Crippen MR) is 42.2 cm³/mol. The van der Waals surface area contributed by atoms with E-state index in [9.17, 15) is 9.90 Å². The highest BCUT2D eigenvalue weighted by atomic mass is 35.5. The molecule has 0 saturated carbocycles. The molecule has 0 aliphatic carbocycles. The van der Waals surface area contributed by atoms with E-state index in [1.807, 2.05) is 6.92 Å². The van der Waals surface area contributed by atoms with E-state index in [0.29, 0.717) is 0 Å². The van der Waals surface area contributed by atoms with Gasteiger partial charge in [-0.05, 0) is 12.5 Å². The predicted octanol–water partition coefficient (Wildman–Crippen LogP) is 0.934. The van der Waals surface area contributed by atoms with Gasteiger partial charge in [-0.25, -0.2) is 0 Å². The molecule has 62 valence electrons. The number of carbonyl (C=O) groups excluding carboxylic acids is 1. The lowest BCUT2D eigenvalue weighted by Gasteiger charge is -1.93. The van der Waals surface area contributed by atoms with Gasteiger partial charge >= 0.3 is 0 Å². The molecule has 0 bridgehead atoms. The summed E-state index contributed by atoms with van der Waals surface area (Å²) in [5.74, 6) is -0.463. The third-order valence-electron chi connectivity index (χ3n) is 0.348. The second-order valence-corrected chi connectivity index (χ2v) is 1.87. The average molecular weight is 168 g/mol. The Hall–Kier alpha value is -0.540. The van der Waals surface area contributed by atoms with Gasteiger partial charge in [-0.3, -0.25) is 0 Å². The van der Waals surface area contributed by atoms with Gasteiger partial charge in [-0.15, -0.1) is 11.6 Å². The Bertz CT molecular complexity index is 91.9. The Kier molecular flexibility index (Phi) is 18.3. The van der Waals surface area contributed by atoms with Crippen LogP contribution in [0.5, 0.6) is 0 Å². The minimum atomic E-state index is -1.19. The fourth-order valence-corrected chi connectivity index (χ4v) is 0. The molecule has 0 spiro atoms. The van der Waals surface area contributed by atoms with Crippen LogP contribution in [-0.2, 0) is 4.79 Å². The number of carbonyl (C=O) groups is 1. The topological polar surface area (TPSA) is 76.6 Å². The molecule has 0 radical (unpaired) electrons. The van der Waals surface area contributed by atoms with Crippen LogP contribution in [0.25, 0.3) is 0 Å². The van der Waals surface area contributed by atoms with E-state index in [1.165, 1.54) is 6.92 Å². The van der Waals surface area contributed by atoms with Crippen LogP contribution in [0.15, 0.2) is 12.2 Å². The number of hydrogen-bond donors (Lipinski definition) is 1. The van der Waals surface area contributed by atoms with Crippen LogP contribution in [0.2, 0.25) is 0 Å². The van der Waals surface area contributed by atoms with Gasteiger partial charge in [0.2, 0.25) is 0 Å². The SMILES string of the molecule is C=C(C)C(=O)[O-].CCCl.[NH4+]. The molecule has 0 fully saturated rings. The summed E-state index contributed by atoms with van der Waals surface area (Å²) in [5, 5.41) is 9.49. The van der Waals surface area contributed by atoms with Crippen molar-refractivity contribution in [2.75, 3.05) is 5.88 Å². The summed E-state index contributed by atoms with van der Waals surface area (Å²) < 4.78 is 0. The van der Waals surface area contributed by atoms with Crippen molar-refractivity contribution in [2.24, 2.45) is 0 Å². The summed E-state index contributed by atoms with van der Waals surface area (Å²) in [6.45, 7) is 6.37. The average Bonchev–Trinajstić information content (AvgIpc) is 1.68. The summed E-state index contributed by atoms with van der Waals surface area (Å²) in [6.07, 6.45) is 0. The molecular formula is C6H14ClNO2. The molecule has 0 aromatic heterocycles. The van der Waals surface area contributed by atoms with E-state index >= 15 is 0 Å². The van der Waals surface area contributed by atoms with Crippen LogP contribution in [0, 0.1) is 0 Å².